The Balaban J connectivity index is 2.58. The number of hydrogen-bond acceptors (Lipinski definition) is 3. The summed E-state index contributed by atoms with van der Waals surface area (Å²) in [4.78, 5) is 26.3. The first-order valence-corrected chi connectivity index (χ1v) is 6.09. The van der Waals surface area contributed by atoms with E-state index in [9.17, 15) is 9.59 Å². The van der Waals surface area contributed by atoms with E-state index in [0.717, 1.165) is 16.5 Å². The maximum absolute atomic E-state index is 11.9. The van der Waals surface area contributed by atoms with Crippen molar-refractivity contribution in [2.24, 2.45) is 0 Å². The third kappa shape index (κ3) is 2.38. The number of aromatic nitrogens is 1. The fraction of sp³-hybridized carbons (Fsp3) is 0.333. The molecule has 1 aromatic carbocycles. The van der Waals surface area contributed by atoms with Gasteiger partial charge in [0.1, 0.15) is 0 Å². The normalized spacial score (nSPS) is 11.6. The number of ether oxygens (including phenoxy) is 1. The quantitative estimate of drug-likeness (QED) is 0.512. The van der Waals surface area contributed by atoms with Gasteiger partial charge < -0.3 is 9.72 Å². The second-order valence-electron chi connectivity index (χ2n) is 5.53. The van der Waals surface area contributed by atoms with Crippen LogP contribution in [0.2, 0.25) is 0 Å². The van der Waals surface area contributed by atoms with Crippen molar-refractivity contribution < 1.29 is 14.3 Å². The number of carbonyl (C=O) groups is 2. The summed E-state index contributed by atoms with van der Waals surface area (Å²) in [5.41, 5.74) is 2.28. The number of methoxy groups -OCH3 is 1. The van der Waals surface area contributed by atoms with Crippen LogP contribution < -0.4 is 0 Å². The molecule has 4 heteroatoms. The van der Waals surface area contributed by atoms with Gasteiger partial charge in [-0.2, -0.15) is 0 Å². The fourth-order valence-electron chi connectivity index (χ4n) is 1.98. The summed E-state index contributed by atoms with van der Waals surface area (Å²) in [5.74, 6) is -1.47. The van der Waals surface area contributed by atoms with Crippen molar-refractivity contribution in [3.8, 4) is 0 Å². The van der Waals surface area contributed by atoms with Crippen LogP contribution in [-0.4, -0.2) is 23.8 Å². The molecule has 2 rings (SSSR count). The first-order valence-electron chi connectivity index (χ1n) is 6.09. The molecule has 0 saturated carbocycles. The van der Waals surface area contributed by atoms with Crippen LogP contribution in [-0.2, 0) is 14.9 Å². The number of H-pyrrole nitrogens is 1. The molecule has 0 spiro atoms. The highest BCUT2D eigenvalue weighted by Crippen LogP contribution is 2.27. The highest BCUT2D eigenvalue weighted by Gasteiger charge is 2.22. The molecule has 0 saturated heterocycles. The van der Waals surface area contributed by atoms with Gasteiger partial charge in [0.05, 0.1) is 12.7 Å². The molecule has 0 aliphatic carbocycles. The maximum Gasteiger partial charge on any atom is 0.379 e. The van der Waals surface area contributed by atoms with Gasteiger partial charge in [-0.25, -0.2) is 4.79 Å². The zero-order valence-electron chi connectivity index (χ0n) is 11.5. The van der Waals surface area contributed by atoms with Crippen LogP contribution in [0.25, 0.3) is 10.9 Å². The molecule has 0 radical (unpaired) electrons. The van der Waals surface area contributed by atoms with Gasteiger partial charge in [0.15, 0.2) is 0 Å². The first kappa shape index (κ1) is 13.3. The summed E-state index contributed by atoms with van der Waals surface area (Å²) >= 11 is 0. The van der Waals surface area contributed by atoms with Gasteiger partial charge in [-0.1, -0.05) is 26.8 Å². The summed E-state index contributed by atoms with van der Waals surface area (Å²) in [5, 5.41) is 0.753. The Morgan fingerprint density at radius 1 is 1.21 bits per heavy atom. The molecule has 0 unspecified atom stereocenters. The predicted octanol–water partition coefficient (Wildman–Crippen LogP) is 2.82. The number of aromatic amines is 1. The number of ketones is 1. The van der Waals surface area contributed by atoms with Crippen LogP contribution in [0.15, 0.2) is 24.4 Å². The standard InChI is InChI=1S/C15H17NO3/c1-15(2,3)9-5-6-12-10(7-9)11(8-16-12)13(17)14(18)19-4/h5-8,16H,1-4H3. The van der Waals surface area contributed by atoms with E-state index in [-0.39, 0.29) is 5.41 Å². The largest absolute Gasteiger partial charge is 0.463 e. The molecule has 0 aliphatic heterocycles. The summed E-state index contributed by atoms with van der Waals surface area (Å²) in [6.07, 6.45) is 1.55. The van der Waals surface area contributed by atoms with Gasteiger partial charge in [-0.15, -0.1) is 0 Å². The van der Waals surface area contributed by atoms with E-state index in [1.54, 1.807) is 6.20 Å². The second kappa shape index (κ2) is 4.53. The summed E-state index contributed by atoms with van der Waals surface area (Å²) in [6.45, 7) is 6.30. The second-order valence-corrected chi connectivity index (χ2v) is 5.53. The lowest BCUT2D eigenvalue weighted by molar-refractivity contribution is -0.135. The van der Waals surface area contributed by atoms with Gasteiger partial charge in [0.25, 0.3) is 5.78 Å². The van der Waals surface area contributed by atoms with Crippen LogP contribution >= 0.6 is 0 Å². The molecule has 0 amide bonds. The van der Waals surface area contributed by atoms with Crippen molar-refractivity contribution in [2.45, 2.75) is 26.2 Å². The van der Waals surface area contributed by atoms with Gasteiger partial charge >= 0.3 is 5.97 Å². The highest BCUT2D eigenvalue weighted by atomic mass is 16.5. The van der Waals surface area contributed by atoms with Crippen LogP contribution in [0.1, 0.15) is 36.7 Å². The fourth-order valence-corrected chi connectivity index (χ4v) is 1.98. The lowest BCUT2D eigenvalue weighted by Crippen LogP contribution is -2.15. The molecule has 1 heterocycles. The molecule has 0 aliphatic rings. The van der Waals surface area contributed by atoms with Gasteiger partial charge in [0.2, 0.25) is 0 Å². The lowest BCUT2D eigenvalue weighted by atomic mass is 9.86. The SMILES string of the molecule is COC(=O)C(=O)c1c[nH]c2ccc(C(C)(C)C)cc12. The van der Waals surface area contributed by atoms with E-state index in [0.29, 0.717) is 5.56 Å². The molecule has 100 valence electrons. The average molecular weight is 259 g/mol. The van der Waals surface area contributed by atoms with Crippen LogP contribution in [0.3, 0.4) is 0 Å². The molecule has 0 bridgehead atoms. The number of Topliss-reactive ketones (excluding diaryl/α,β-unsaturated/α-hetero) is 1. The van der Waals surface area contributed by atoms with Crippen LogP contribution in [0, 0.1) is 0 Å². The Labute approximate surface area is 111 Å². The number of esters is 1. The number of carbonyl (C=O) groups excluding carboxylic acids is 2. The summed E-state index contributed by atoms with van der Waals surface area (Å²) in [6, 6.07) is 5.89. The number of hydrogen-bond donors (Lipinski definition) is 1. The Kier molecular flexibility index (Phi) is 3.18. The molecule has 2 aromatic rings. The Hall–Kier alpha value is -2.10. The van der Waals surface area contributed by atoms with E-state index in [4.69, 9.17) is 0 Å². The maximum atomic E-state index is 11.9. The molecular weight excluding hydrogens is 242 g/mol. The van der Waals surface area contributed by atoms with E-state index in [2.05, 4.69) is 30.5 Å². The zero-order chi connectivity index (χ0) is 14.2. The van der Waals surface area contributed by atoms with Gasteiger partial charge in [-0.05, 0) is 23.1 Å². The van der Waals surface area contributed by atoms with E-state index in [1.165, 1.54) is 7.11 Å². The Morgan fingerprint density at radius 3 is 2.47 bits per heavy atom. The monoisotopic (exact) mass is 259 g/mol. The minimum atomic E-state index is -0.845. The Morgan fingerprint density at radius 2 is 1.89 bits per heavy atom. The molecule has 19 heavy (non-hydrogen) atoms. The summed E-state index contributed by atoms with van der Waals surface area (Å²) < 4.78 is 4.48. The smallest absolute Gasteiger partial charge is 0.379 e. The summed E-state index contributed by atoms with van der Waals surface area (Å²) in [7, 11) is 1.20. The molecule has 4 nitrogen and oxygen atoms in total. The van der Waals surface area contributed by atoms with Crippen LogP contribution in [0.5, 0.6) is 0 Å². The minimum absolute atomic E-state index is 0.0168. The third-order valence-corrected chi connectivity index (χ3v) is 3.16. The third-order valence-electron chi connectivity index (χ3n) is 3.16. The topological polar surface area (TPSA) is 59.2 Å². The number of nitrogens with one attached hydrogen (secondary N) is 1. The van der Waals surface area contributed by atoms with Crippen molar-refractivity contribution in [1.29, 1.82) is 0 Å². The van der Waals surface area contributed by atoms with Crippen LogP contribution in [0.4, 0.5) is 0 Å². The van der Waals surface area contributed by atoms with E-state index < -0.39 is 11.8 Å². The number of fused-ring (bicyclic) bond motifs is 1. The van der Waals surface area contributed by atoms with Crippen molar-refractivity contribution in [2.75, 3.05) is 7.11 Å². The average Bonchev–Trinajstić information content (AvgIpc) is 2.78. The molecule has 1 N–H and O–H groups in total. The van der Waals surface area contributed by atoms with Crippen molar-refractivity contribution in [3.63, 3.8) is 0 Å². The van der Waals surface area contributed by atoms with Gasteiger partial charge in [0, 0.05) is 17.1 Å². The predicted molar refractivity (Wildman–Crippen MR) is 73.3 cm³/mol. The van der Waals surface area contributed by atoms with Crippen molar-refractivity contribution in [3.05, 3.63) is 35.5 Å². The zero-order valence-corrected chi connectivity index (χ0v) is 11.5. The minimum Gasteiger partial charge on any atom is -0.463 e. The van der Waals surface area contributed by atoms with Crippen molar-refractivity contribution >= 4 is 22.7 Å². The van der Waals surface area contributed by atoms with E-state index >= 15 is 0 Å². The Bertz CT molecular complexity index is 647. The molecular formula is C15H17NO3. The van der Waals surface area contributed by atoms with Crippen molar-refractivity contribution in [1.82, 2.24) is 4.98 Å². The molecule has 0 atom stereocenters. The van der Waals surface area contributed by atoms with Gasteiger partial charge in [-0.3, -0.25) is 4.79 Å². The van der Waals surface area contributed by atoms with E-state index in [1.807, 2.05) is 18.2 Å². The first-order chi connectivity index (χ1) is 8.84. The number of rotatable bonds is 2. The lowest BCUT2D eigenvalue weighted by Gasteiger charge is -2.19. The number of benzene rings is 1. The molecule has 1 aromatic heterocycles. The highest BCUT2D eigenvalue weighted by molar-refractivity contribution is 6.42. The molecule has 0 fully saturated rings.